The highest BCUT2D eigenvalue weighted by Crippen LogP contribution is 2.41. The molecule has 49 heavy (non-hydrogen) atoms. The van der Waals surface area contributed by atoms with E-state index in [-0.39, 0.29) is 11.9 Å². The maximum Gasteiger partial charge on any atom is 0.256 e. The van der Waals surface area contributed by atoms with Crippen LogP contribution in [-0.4, -0.2) is 36.0 Å². The van der Waals surface area contributed by atoms with E-state index < -0.39 is 5.54 Å². The quantitative estimate of drug-likeness (QED) is 0.149. The van der Waals surface area contributed by atoms with E-state index in [0.29, 0.717) is 17.9 Å². The van der Waals surface area contributed by atoms with Gasteiger partial charge in [0.15, 0.2) is 5.54 Å². The van der Waals surface area contributed by atoms with Crippen LogP contribution in [0.2, 0.25) is 0 Å². The molecule has 1 unspecified atom stereocenters. The van der Waals surface area contributed by atoms with Gasteiger partial charge in [0.05, 0.1) is 17.3 Å². The molecule has 1 aliphatic heterocycles. The minimum Gasteiger partial charge on any atom is -0.326 e. The van der Waals surface area contributed by atoms with E-state index in [2.05, 4.69) is 78.6 Å². The summed E-state index contributed by atoms with van der Waals surface area (Å²) in [6.45, 7) is 2.62. The Balaban J connectivity index is 1.16. The number of carbonyl (C=O) groups is 1. The third-order valence-corrected chi connectivity index (χ3v) is 9.48. The van der Waals surface area contributed by atoms with E-state index in [9.17, 15) is 4.79 Å². The summed E-state index contributed by atoms with van der Waals surface area (Å²) in [5, 5.41) is 14.6. The number of pyridine rings is 1. The zero-order valence-electron chi connectivity index (χ0n) is 27.1. The molecule has 5 aromatic carbocycles. The second-order valence-corrected chi connectivity index (χ2v) is 12.2. The second-order valence-electron chi connectivity index (χ2n) is 12.2. The Labute approximate surface area is 285 Å². The number of hydrogen-bond donors (Lipinski definition) is 0. The Morgan fingerprint density at radius 1 is 0.633 bits per heavy atom. The summed E-state index contributed by atoms with van der Waals surface area (Å²) in [6, 6.07) is 51.3. The summed E-state index contributed by atoms with van der Waals surface area (Å²) in [7, 11) is 0. The molecule has 238 valence electrons. The summed E-state index contributed by atoms with van der Waals surface area (Å²) in [5.74, 6) is 0.571. The largest absolute Gasteiger partial charge is 0.326 e. The fraction of sp³-hybridized carbons (Fsp3) is 0.119. The third kappa shape index (κ3) is 5.20. The van der Waals surface area contributed by atoms with Gasteiger partial charge in [-0.1, -0.05) is 146 Å². The Bertz CT molecular complexity index is 2120. The maximum atomic E-state index is 13.3. The molecule has 0 N–H and O–H groups in total. The van der Waals surface area contributed by atoms with Gasteiger partial charge in [0.2, 0.25) is 5.82 Å². The zero-order valence-corrected chi connectivity index (χ0v) is 27.1. The average Bonchev–Trinajstić information content (AvgIpc) is 3.77. The molecular formula is C42H34N6O. The molecule has 0 saturated carbocycles. The second kappa shape index (κ2) is 12.8. The van der Waals surface area contributed by atoms with E-state index >= 15 is 0 Å². The molecule has 7 heteroatoms. The highest BCUT2D eigenvalue weighted by atomic mass is 16.2. The minimum absolute atomic E-state index is 0.0208. The van der Waals surface area contributed by atoms with Crippen LogP contribution in [0.3, 0.4) is 0 Å². The predicted octanol–water partition coefficient (Wildman–Crippen LogP) is 8.35. The van der Waals surface area contributed by atoms with Crippen LogP contribution in [0.1, 0.15) is 57.7 Å². The van der Waals surface area contributed by atoms with Crippen molar-refractivity contribution in [3.8, 4) is 22.5 Å². The molecule has 0 bridgehead atoms. The SMILES string of the molecule is CCC1c2ncccc2C(=O)N1Cc1ccc(-c2ccccc2-c2nnn(C(c3ccccc3)(c3ccccc3)c3ccccc3)n2)cc1. The van der Waals surface area contributed by atoms with E-state index in [1.165, 1.54) is 0 Å². The summed E-state index contributed by atoms with van der Waals surface area (Å²) in [5.41, 5.74) is 7.77. The van der Waals surface area contributed by atoms with Crippen molar-refractivity contribution in [1.29, 1.82) is 0 Å². The highest BCUT2D eigenvalue weighted by Gasteiger charge is 2.41. The van der Waals surface area contributed by atoms with Gasteiger partial charge in [-0.3, -0.25) is 9.78 Å². The Morgan fingerprint density at radius 3 is 1.78 bits per heavy atom. The number of benzene rings is 5. The number of hydrogen-bond acceptors (Lipinski definition) is 5. The molecule has 1 aliphatic rings. The van der Waals surface area contributed by atoms with E-state index in [4.69, 9.17) is 15.4 Å². The number of rotatable bonds is 9. The lowest BCUT2D eigenvalue weighted by Crippen LogP contribution is -2.39. The molecule has 1 amide bonds. The van der Waals surface area contributed by atoms with E-state index in [0.717, 1.165) is 51.1 Å². The normalized spacial score (nSPS) is 14.2. The maximum absolute atomic E-state index is 13.3. The molecule has 8 rings (SSSR count). The van der Waals surface area contributed by atoms with Crippen molar-refractivity contribution in [2.24, 2.45) is 0 Å². The Hall–Kier alpha value is -6.21. The molecule has 3 heterocycles. The molecule has 7 nitrogen and oxygen atoms in total. The molecule has 0 aliphatic carbocycles. The van der Waals surface area contributed by atoms with Crippen molar-refractivity contribution in [2.45, 2.75) is 31.5 Å². The molecule has 0 radical (unpaired) electrons. The summed E-state index contributed by atoms with van der Waals surface area (Å²) >= 11 is 0. The van der Waals surface area contributed by atoms with Crippen LogP contribution < -0.4 is 0 Å². The lowest BCUT2D eigenvalue weighted by molar-refractivity contribution is 0.0704. The summed E-state index contributed by atoms with van der Waals surface area (Å²) in [4.78, 5) is 21.5. The first-order valence-electron chi connectivity index (χ1n) is 16.6. The molecular weight excluding hydrogens is 605 g/mol. The molecule has 0 saturated heterocycles. The van der Waals surface area contributed by atoms with Gasteiger partial charge < -0.3 is 4.90 Å². The van der Waals surface area contributed by atoms with Crippen LogP contribution in [0.15, 0.2) is 158 Å². The molecule has 2 aromatic heterocycles. The van der Waals surface area contributed by atoms with Crippen molar-refractivity contribution in [3.63, 3.8) is 0 Å². The molecule has 0 fully saturated rings. The van der Waals surface area contributed by atoms with Crippen LogP contribution in [0.5, 0.6) is 0 Å². The lowest BCUT2D eigenvalue weighted by atomic mass is 9.77. The number of fused-ring (bicyclic) bond motifs is 1. The third-order valence-electron chi connectivity index (χ3n) is 9.48. The number of tetrazole rings is 1. The monoisotopic (exact) mass is 638 g/mol. The van der Waals surface area contributed by atoms with E-state index in [1.54, 1.807) is 11.0 Å². The smallest absolute Gasteiger partial charge is 0.256 e. The topological polar surface area (TPSA) is 76.8 Å². The Morgan fingerprint density at radius 2 is 1.18 bits per heavy atom. The molecule has 0 spiro atoms. The molecule has 1 atom stereocenters. The van der Waals surface area contributed by atoms with Gasteiger partial charge in [-0.15, -0.1) is 15.0 Å². The first-order valence-corrected chi connectivity index (χ1v) is 16.6. The van der Waals surface area contributed by atoms with Crippen molar-refractivity contribution in [3.05, 3.63) is 191 Å². The van der Waals surface area contributed by atoms with Crippen molar-refractivity contribution in [2.75, 3.05) is 0 Å². The average molecular weight is 639 g/mol. The number of amides is 1. The predicted molar refractivity (Wildman–Crippen MR) is 190 cm³/mol. The van der Waals surface area contributed by atoms with Crippen molar-refractivity contribution < 1.29 is 4.79 Å². The van der Waals surface area contributed by atoms with Crippen LogP contribution >= 0.6 is 0 Å². The number of carbonyl (C=O) groups excluding carboxylic acids is 1. The standard InChI is InChI=1S/C42H34N6O/c1-2-38-39-37(23-14-28-43-39)41(49)47(38)29-30-24-26-31(27-25-30)35-21-12-13-22-36(35)40-44-46-48(45-40)42(32-15-6-3-7-16-32,33-17-8-4-9-18-33)34-19-10-5-11-20-34/h3-28,38H,2,29H2,1H3. The summed E-state index contributed by atoms with van der Waals surface area (Å²) in [6.07, 6.45) is 2.58. The molecule has 7 aromatic rings. The van der Waals surface area contributed by atoms with E-state index in [1.807, 2.05) is 89.8 Å². The van der Waals surface area contributed by atoms with Gasteiger partial charge in [-0.2, -0.15) is 0 Å². The van der Waals surface area contributed by atoms with Crippen LogP contribution in [0.4, 0.5) is 0 Å². The highest BCUT2D eigenvalue weighted by molar-refractivity contribution is 5.98. The first-order chi connectivity index (χ1) is 24.2. The van der Waals surface area contributed by atoms with Crippen LogP contribution in [-0.2, 0) is 12.1 Å². The van der Waals surface area contributed by atoms with Crippen molar-refractivity contribution >= 4 is 5.91 Å². The van der Waals surface area contributed by atoms with Crippen molar-refractivity contribution in [1.82, 2.24) is 30.1 Å². The minimum atomic E-state index is -0.857. The van der Waals surface area contributed by atoms with Gasteiger partial charge in [0.25, 0.3) is 5.91 Å². The summed E-state index contributed by atoms with van der Waals surface area (Å²) < 4.78 is 0. The van der Waals surface area contributed by atoms with Gasteiger partial charge in [0, 0.05) is 18.3 Å². The van der Waals surface area contributed by atoms with Crippen LogP contribution in [0.25, 0.3) is 22.5 Å². The van der Waals surface area contributed by atoms with Gasteiger partial charge in [0.1, 0.15) is 0 Å². The first kappa shape index (κ1) is 30.1. The van der Waals surface area contributed by atoms with Crippen LogP contribution in [0, 0.1) is 0 Å². The number of aromatic nitrogens is 5. The Kier molecular flexibility index (Phi) is 7.86. The van der Waals surface area contributed by atoms with Gasteiger partial charge in [-0.05, 0) is 57.1 Å². The van der Waals surface area contributed by atoms with Gasteiger partial charge >= 0.3 is 0 Å². The van der Waals surface area contributed by atoms with Gasteiger partial charge in [-0.25, -0.2) is 0 Å². The fourth-order valence-corrected chi connectivity index (χ4v) is 7.17. The zero-order chi connectivity index (χ0) is 33.2. The fourth-order valence-electron chi connectivity index (χ4n) is 7.17. The number of nitrogens with zero attached hydrogens (tertiary/aromatic N) is 6. The lowest BCUT2D eigenvalue weighted by Gasteiger charge is -2.34.